The monoisotopic (exact) mass is 284 g/mol. The van der Waals surface area contributed by atoms with Crippen LogP contribution in [0.3, 0.4) is 0 Å². The first kappa shape index (κ1) is 14.0. The molecule has 1 fully saturated rings. The van der Waals surface area contributed by atoms with Gasteiger partial charge >= 0.3 is 5.97 Å². The summed E-state index contributed by atoms with van der Waals surface area (Å²) in [6.07, 6.45) is 4.19. The molecule has 19 heavy (non-hydrogen) atoms. The van der Waals surface area contributed by atoms with E-state index in [4.69, 9.17) is 11.6 Å². The third kappa shape index (κ3) is 2.96. The molecule has 104 valence electrons. The molecule has 0 atom stereocenters. The molecule has 1 aliphatic heterocycles. The van der Waals surface area contributed by atoms with Crippen molar-refractivity contribution in [2.75, 3.05) is 24.5 Å². The maximum Gasteiger partial charge on any atom is 0.324 e. The van der Waals surface area contributed by atoms with Gasteiger partial charge in [0, 0.05) is 13.1 Å². The van der Waals surface area contributed by atoms with Gasteiger partial charge < -0.3 is 15.3 Å². The molecule has 0 spiro atoms. The first-order valence-electron chi connectivity index (χ1n) is 6.28. The summed E-state index contributed by atoms with van der Waals surface area (Å²) in [6.45, 7) is 3.80. The number of hydrogen-bond donors (Lipinski definition) is 2. The minimum Gasteiger partial charge on any atom is -0.480 e. The molecule has 0 bridgehead atoms. The quantitative estimate of drug-likeness (QED) is 0.864. The van der Waals surface area contributed by atoms with Gasteiger partial charge in [0.2, 0.25) is 0 Å². The number of nitrogens with one attached hydrogen (secondary N) is 1. The van der Waals surface area contributed by atoms with Crippen molar-refractivity contribution in [1.82, 2.24) is 15.3 Å². The van der Waals surface area contributed by atoms with Crippen molar-refractivity contribution in [3.05, 3.63) is 17.5 Å². The minimum atomic E-state index is -0.822. The first-order valence-corrected chi connectivity index (χ1v) is 6.66. The van der Waals surface area contributed by atoms with Gasteiger partial charge in [0.1, 0.15) is 16.5 Å². The molecule has 1 aromatic heterocycles. The number of aromatic nitrogens is 2. The summed E-state index contributed by atoms with van der Waals surface area (Å²) in [5.41, 5.74) is -0.822. The van der Waals surface area contributed by atoms with E-state index in [9.17, 15) is 9.90 Å². The molecule has 0 aromatic carbocycles. The van der Waals surface area contributed by atoms with Gasteiger partial charge in [0.05, 0.1) is 12.4 Å². The number of nitrogens with zero attached hydrogens (tertiary/aromatic N) is 3. The Labute approximate surface area is 116 Å². The van der Waals surface area contributed by atoms with Crippen LogP contribution >= 0.6 is 11.6 Å². The van der Waals surface area contributed by atoms with Crippen molar-refractivity contribution in [2.45, 2.75) is 25.3 Å². The fourth-order valence-corrected chi connectivity index (χ4v) is 2.55. The van der Waals surface area contributed by atoms with Crippen LogP contribution in [0.5, 0.6) is 0 Å². The topological polar surface area (TPSA) is 78.4 Å². The summed E-state index contributed by atoms with van der Waals surface area (Å²) in [5, 5.41) is 12.8. The average Bonchev–Trinajstić information content (AvgIpc) is 2.39. The Morgan fingerprint density at radius 3 is 2.74 bits per heavy atom. The van der Waals surface area contributed by atoms with E-state index >= 15 is 0 Å². The lowest BCUT2D eigenvalue weighted by molar-refractivity contribution is -0.145. The van der Waals surface area contributed by atoms with Crippen LogP contribution in [-0.2, 0) is 4.79 Å². The van der Waals surface area contributed by atoms with E-state index in [1.54, 1.807) is 6.20 Å². The number of carboxylic acid groups (broad SMARTS) is 1. The molecule has 6 nitrogen and oxygen atoms in total. The van der Waals surface area contributed by atoms with E-state index in [0.717, 1.165) is 0 Å². The van der Waals surface area contributed by atoms with Gasteiger partial charge in [-0.2, -0.15) is 0 Å². The fraction of sp³-hybridized carbons (Fsp3) is 0.583. The molecular formula is C12H17ClN4O2. The van der Waals surface area contributed by atoms with E-state index < -0.39 is 11.5 Å². The summed E-state index contributed by atoms with van der Waals surface area (Å²) in [6, 6.07) is 0. The Morgan fingerprint density at radius 2 is 2.21 bits per heavy atom. The number of hydrogen-bond acceptors (Lipinski definition) is 5. The van der Waals surface area contributed by atoms with Crippen LogP contribution in [0.4, 0.5) is 5.82 Å². The van der Waals surface area contributed by atoms with Crippen molar-refractivity contribution < 1.29 is 9.90 Å². The minimum absolute atomic E-state index is 0.347. The number of anilines is 1. The van der Waals surface area contributed by atoms with E-state index in [2.05, 4.69) is 15.3 Å². The number of rotatable bonds is 4. The van der Waals surface area contributed by atoms with Crippen molar-refractivity contribution >= 4 is 23.4 Å². The van der Waals surface area contributed by atoms with Crippen LogP contribution in [0.2, 0.25) is 5.15 Å². The van der Waals surface area contributed by atoms with Crippen LogP contribution in [0.25, 0.3) is 0 Å². The van der Waals surface area contributed by atoms with Crippen molar-refractivity contribution in [2.24, 2.45) is 0 Å². The summed E-state index contributed by atoms with van der Waals surface area (Å²) >= 11 is 5.81. The second kappa shape index (κ2) is 5.71. The molecule has 2 rings (SSSR count). The van der Waals surface area contributed by atoms with Crippen molar-refractivity contribution in [3.8, 4) is 0 Å². The third-order valence-corrected chi connectivity index (χ3v) is 3.64. The molecule has 0 radical (unpaired) electrons. The van der Waals surface area contributed by atoms with E-state index in [-0.39, 0.29) is 0 Å². The highest BCUT2D eigenvalue weighted by Gasteiger charge is 2.41. The number of halogens is 1. The molecule has 1 aromatic rings. The molecule has 2 N–H and O–H groups in total. The number of piperidine rings is 1. The Bertz CT molecular complexity index is 461. The van der Waals surface area contributed by atoms with Crippen LogP contribution in [0, 0.1) is 0 Å². The Kier molecular flexibility index (Phi) is 4.21. The van der Waals surface area contributed by atoms with Gasteiger partial charge in [-0.3, -0.25) is 9.78 Å². The highest BCUT2D eigenvalue weighted by Crippen LogP contribution is 2.26. The van der Waals surface area contributed by atoms with Gasteiger partial charge in [-0.15, -0.1) is 0 Å². The Balaban J connectivity index is 2.07. The second-order valence-corrected chi connectivity index (χ2v) is 4.99. The van der Waals surface area contributed by atoms with E-state index in [1.807, 2.05) is 11.8 Å². The smallest absolute Gasteiger partial charge is 0.324 e. The average molecular weight is 285 g/mol. The number of likely N-dealkylation sites (N-methyl/N-ethyl adjacent to an activating group) is 1. The zero-order chi connectivity index (χ0) is 13.9. The van der Waals surface area contributed by atoms with E-state index in [1.165, 1.54) is 6.20 Å². The predicted molar refractivity (Wildman–Crippen MR) is 72.5 cm³/mol. The zero-order valence-electron chi connectivity index (χ0n) is 10.8. The summed E-state index contributed by atoms with van der Waals surface area (Å²) in [5.74, 6) is -0.0887. The van der Waals surface area contributed by atoms with Gasteiger partial charge in [-0.1, -0.05) is 18.5 Å². The van der Waals surface area contributed by atoms with E-state index in [0.29, 0.717) is 43.4 Å². The molecular weight excluding hydrogens is 268 g/mol. The lowest BCUT2D eigenvalue weighted by Gasteiger charge is -2.39. The van der Waals surface area contributed by atoms with Crippen LogP contribution < -0.4 is 10.2 Å². The largest absolute Gasteiger partial charge is 0.480 e. The molecule has 1 saturated heterocycles. The normalized spacial score (nSPS) is 18.3. The van der Waals surface area contributed by atoms with Gasteiger partial charge in [-0.05, 0) is 19.4 Å². The molecule has 0 aliphatic carbocycles. The molecule has 0 amide bonds. The van der Waals surface area contributed by atoms with Gasteiger partial charge in [0.15, 0.2) is 0 Å². The fourth-order valence-electron chi connectivity index (χ4n) is 2.41. The summed E-state index contributed by atoms with van der Waals surface area (Å²) < 4.78 is 0. The maximum absolute atomic E-state index is 11.4. The molecule has 1 aliphatic rings. The number of carbonyl (C=O) groups is 1. The second-order valence-electron chi connectivity index (χ2n) is 4.60. The Hall–Kier alpha value is -1.40. The van der Waals surface area contributed by atoms with Crippen LogP contribution in [-0.4, -0.2) is 46.2 Å². The van der Waals surface area contributed by atoms with Crippen LogP contribution in [0.15, 0.2) is 12.4 Å². The summed E-state index contributed by atoms with van der Waals surface area (Å²) in [7, 11) is 0. The first-order chi connectivity index (χ1) is 9.07. The van der Waals surface area contributed by atoms with Crippen molar-refractivity contribution in [1.29, 1.82) is 0 Å². The number of aliphatic carboxylic acids is 1. The highest BCUT2D eigenvalue weighted by molar-refractivity contribution is 6.29. The standard InChI is InChI=1S/C12H17ClN4O2/c1-2-15-12(11(18)19)3-5-17(6-4-12)10-8-14-7-9(13)16-10/h7-8,15H,2-6H2,1H3,(H,18,19). The molecule has 2 heterocycles. The highest BCUT2D eigenvalue weighted by atomic mass is 35.5. The molecule has 0 saturated carbocycles. The van der Waals surface area contributed by atoms with Crippen molar-refractivity contribution in [3.63, 3.8) is 0 Å². The van der Waals surface area contributed by atoms with Crippen LogP contribution in [0.1, 0.15) is 19.8 Å². The third-order valence-electron chi connectivity index (χ3n) is 3.46. The van der Waals surface area contributed by atoms with Gasteiger partial charge in [-0.25, -0.2) is 4.98 Å². The predicted octanol–water partition coefficient (Wildman–Crippen LogP) is 1.16. The lowest BCUT2D eigenvalue weighted by atomic mass is 9.87. The maximum atomic E-state index is 11.4. The summed E-state index contributed by atoms with van der Waals surface area (Å²) in [4.78, 5) is 21.6. The molecule has 0 unspecified atom stereocenters. The Morgan fingerprint density at radius 1 is 1.53 bits per heavy atom. The SMILES string of the molecule is CCNC1(C(=O)O)CCN(c2cncc(Cl)n2)CC1. The van der Waals surface area contributed by atoms with Gasteiger partial charge in [0.25, 0.3) is 0 Å². The molecule has 7 heteroatoms. The number of carboxylic acids is 1. The lowest BCUT2D eigenvalue weighted by Crippen LogP contribution is -2.58. The zero-order valence-corrected chi connectivity index (χ0v) is 11.5.